The van der Waals surface area contributed by atoms with E-state index >= 15 is 0 Å². The minimum atomic E-state index is -0.495. The molecule has 2 heterocycles. The molecule has 0 bridgehead atoms. The normalized spacial score (nSPS) is 13.6. The zero-order valence-corrected chi connectivity index (χ0v) is 32.1. The minimum absolute atomic E-state index is 0.495. The number of furan rings is 1. The highest BCUT2D eigenvalue weighted by Crippen LogP contribution is 2.62. The predicted octanol–water partition coefficient (Wildman–Crippen LogP) is 15.3. The molecule has 1 aliphatic heterocycles. The zero-order valence-electron chi connectivity index (χ0n) is 31.3. The van der Waals surface area contributed by atoms with Crippen LogP contribution >= 0.6 is 11.8 Å². The van der Waals surface area contributed by atoms with Crippen LogP contribution in [0.3, 0.4) is 0 Å². The second-order valence-electron chi connectivity index (χ2n) is 15.6. The largest absolute Gasteiger partial charge is 0.456 e. The first-order chi connectivity index (χ1) is 28.7. The summed E-state index contributed by atoms with van der Waals surface area (Å²) in [5.41, 5.74) is 12.4. The summed E-state index contributed by atoms with van der Waals surface area (Å²) in [5, 5.41) is 9.55. The summed E-state index contributed by atoms with van der Waals surface area (Å²) in [4.78, 5) is 5.04. The summed E-state index contributed by atoms with van der Waals surface area (Å²) in [6, 6.07) is 74.0. The third kappa shape index (κ3) is 4.34. The van der Waals surface area contributed by atoms with Crippen LogP contribution in [0.15, 0.2) is 214 Å². The van der Waals surface area contributed by atoms with Gasteiger partial charge in [0, 0.05) is 43.4 Å². The van der Waals surface area contributed by atoms with E-state index in [0.717, 1.165) is 39.0 Å². The lowest BCUT2D eigenvalue weighted by molar-refractivity contribution is 0.669. The van der Waals surface area contributed by atoms with E-state index in [-0.39, 0.29) is 0 Å². The van der Waals surface area contributed by atoms with E-state index in [0.29, 0.717) is 0 Å². The molecule has 11 aromatic rings. The van der Waals surface area contributed by atoms with Gasteiger partial charge in [-0.1, -0.05) is 151 Å². The van der Waals surface area contributed by atoms with Gasteiger partial charge in [-0.2, -0.15) is 0 Å². The second kappa shape index (κ2) is 12.0. The van der Waals surface area contributed by atoms with Crippen LogP contribution in [-0.2, 0) is 5.41 Å². The van der Waals surface area contributed by atoms with Crippen molar-refractivity contribution in [2.45, 2.75) is 15.2 Å². The summed E-state index contributed by atoms with van der Waals surface area (Å²) in [7, 11) is 0. The molecule has 58 heavy (non-hydrogen) atoms. The first-order valence-corrected chi connectivity index (χ1v) is 20.7. The molecule has 0 saturated carbocycles. The highest BCUT2D eigenvalue weighted by atomic mass is 32.2. The Balaban J connectivity index is 1.11. The first-order valence-electron chi connectivity index (χ1n) is 19.9. The van der Waals surface area contributed by atoms with Gasteiger partial charge in [0.1, 0.15) is 11.2 Å². The predicted molar refractivity (Wildman–Crippen MR) is 242 cm³/mol. The zero-order chi connectivity index (χ0) is 38.0. The van der Waals surface area contributed by atoms with E-state index in [1.807, 2.05) is 11.8 Å². The molecule has 1 aromatic heterocycles. The van der Waals surface area contributed by atoms with Gasteiger partial charge in [0.15, 0.2) is 0 Å². The third-order valence-electron chi connectivity index (χ3n) is 12.7. The molecule has 0 N–H and O–H groups in total. The quantitative estimate of drug-likeness (QED) is 0.179. The van der Waals surface area contributed by atoms with E-state index in [1.54, 1.807) is 0 Å². The summed E-state index contributed by atoms with van der Waals surface area (Å²) in [6.07, 6.45) is 0. The lowest BCUT2D eigenvalue weighted by Crippen LogP contribution is -2.36. The maximum absolute atomic E-state index is 6.70. The van der Waals surface area contributed by atoms with Gasteiger partial charge in [-0.25, -0.2) is 0 Å². The van der Waals surface area contributed by atoms with Crippen LogP contribution in [-0.4, -0.2) is 0 Å². The van der Waals surface area contributed by atoms with E-state index < -0.39 is 5.41 Å². The van der Waals surface area contributed by atoms with Crippen molar-refractivity contribution in [1.82, 2.24) is 0 Å². The average molecular weight is 756 g/mol. The van der Waals surface area contributed by atoms with Crippen LogP contribution in [0.2, 0.25) is 0 Å². The molecule has 13 rings (SSSR count). The molecule has 0 amide bonds. The summed E-state index contributed by atoms with van der Waals surface area (Å²) < 4.78 is 6.70. The van der Waals surface area contributed by atoms with Crippen molar-refractivity contribution in [2.24, 2.45) is 0 Å². The number of anilines is 3. The van der Waals surface area contributed by atoms with Gasteiger partial charge in [0.2, 0.25) is 0 Å². The molecule has 2 nitrogen and oxygen atoms in total. The summed E-state index contributed by atoms with van der Waals surface area (Å²) >= 11 is 1.88. The SMILES string of the molecule is c1ccc2c(c1)Sc1ccccc1C21c2ccccc2-c2ccc(N(c3ccc4ccccc4c3)c3ccc4c(c3)oc3cc5ccccc5cc34)c3cccc1c23. The molecular weight excluding hydrogens is 723 g/mol. The first kappa shape index (κ1) is 32.1. The molecule has 0 atom stereocenters. The molecule has 0 radical (unpaired) electrons. The fourth-order valence-corrected chi connectivity index (χ4v) is 11.4. The Morgan fingerprint density at radius 3 is 1.78 bits per heavy atom. The Morgan fingerprint density at radius 2 is 0.983 bits per heavy atom. The molecule has 1 aliphatic carbocycles. The molecule has 1 spiro atoms. The maximum Gasteiger partial charge on any atom is 0.137 e. The third-order valence-corrected chi connectivity index (χ3v) is 13.8. The highest BCUT2D eigenvalue weighted by molar-refractivity contribution is 7.99. The summed E-state index contributed by atoms with van der Waals surface area (Å²) in [5.74, 6) is 0. The van der Waals surface area contributed by atoms with Crippen molar-refractivity contribution in [2.75, 3.05) is 4.90 Å². The standard InChI is InChI=1S/C55H33NOS/c1-2-13-35-30-38(25-24-34(35)12-1)56(39-26-27-41-44-31-36-14-3-4-15-37(36)32-50(44)57-51(41)33-39)49-29-28-42-40-16-5-6-18-45(40)55(48-21-11-17-43(49)54(42)48)46-19-7-9-22-52(46)58-53-23-10-8-20-47(53)55/h1-33H. The maximum atomic E-state index is 6.70. The van der Waals surface area contributed by atoms with Crippen molar-refractivity contribution in [3.8, 4) is 11.1 Å². The van der Waals surface area contributed by atoms with E-state index in [9.17, 15) is 0 Å². The average Bonchev–Trinajstić information content (AvgIpc) is 3.64. The van der Waals surface area contributed by atoms with Gasteiger partial charge in [-0.05, 0) is 115 Å². The Kier molecular flexibility index (Phi) is 6.62. The number of hydrogen-bond donors (Lipinski definition) is 0. The molecule has 270 valence electrons. The number of hydrogen-bond acceptors (Lipinski definition) is 3. The number of benzene rings is 10. The van der Waals surface area contributed by atoms with Crippen LogP contribution in [0.1, 0.15) is 22.3 Å². The number of fused-ring (bicyclic) bond motifs is 13. The van der Waals surface area contributed by atoms with E-state index in [2.05, 4.69) is 205 Å². The van der Waals surface area contributed by atoms with Crippen molar-refractivity contribution in [3.63, 3.8) is 0 Å². The number of nitrogens with zero attached hydrogens (tertiary/aromatic N) is 1. The van der Waals surface area contributed by atoms with Gasteiger partial charge < -0.3 is 9.32 Å². The topological polar surface area (TPSA) is 16.4 Å². The molecule has 2 aliphatic rings. The fourth-order valence-electron chi connectivity index (χ4n) is 10.2. The van der Waals surface area contributed by atoms with Crippen LogP contribution in [0.4, 0.5) is 17.1 Å². The molecular formula is C55H33NOS. The van der Waals surface area contributed by atoms with Crippen LogP contribution in [0.5, 0.6) is 0 Å². The lowest BCUT2D eigenvalue weighted by Gasteiger charge is -2.46. The van der Waals surface area contributed by atoms with Gasteiger partial charge in [0.05, 0.1) is 11.1 Å². The Labute approximate surface area is 339 Å². The van der Waals surface area contributed by atoms with Crippen LogP contribution < -0.4 is 4.90 Å². The van der Waals surface area contributed by atoms with Crippen molar-refractivity contribution < 1.29 is 4.42 Å². The molecule has 3 heteroatoms. The van der Waals surface area contributed by atoms with Crippen molar-refractivity contribution >= 4 is 83.1 Å². The fraction of sp³-hybridized carbons (Fsp3) is 0.0182. The van der Waals surface area contributed by atoms with Gasteiger partial charge in [-0.15, -0.1) is 0 Å². The van der Waals surface area contributed by atoms with Crippen LogP contribution in [0.25, 0.3) is 65.4 Å². The Hall–Kier alpha value is -7.07. The summed E-state index contributed by atoms with van der Waals surface area (Å²) in [6.45, 7) is 0. The molecule has 10 aromatic carbocycles. The Bertz CT molecular complexity index is 3480. The van der Waals surface area contributed by atoms with Gasteiger partial charge in [0.25, 0.3) is 0 Å². The van der Waals surface area contributed by atoms with Gasteiger partial charge in [-0.3, -0.25) is 0 Å². The van der Waals surface area contributed by atoms with Gasteiger partial charge >= 0.3 is 0 Å². The monoisotopic (exact) mass is 755 g/mol. The van der Waals surface area contributed by atoms with Crippen molar-refractivity contribution in [3.05, 3.63) is 222 Å². The minimum Gasteiger partial charge on any atom is -0.456 e. The van der Waals surface area contributed by atoms with E-state index in [1.165, 1.54) is 75.5 Å². The van der Waals surface area contributed by atoms with E-state index in [4.69, 9.17) is 4.42 Å². The lowest BCUT2D eigenvalue weighted by atomic mass is 9.59. The smallest absolute Gasteiger partial charge is 0.137 e. The highest BCUT2D eigenvalue weighted by Gasteiger charge is 2.48. The molecule has 0 fully saturated rings. The number of rotatable bonds is 3. The Morgan fingerprint density at radius 1 is 0.379 bits per heavy atom. The van der Waals surface area contributed by atoms with Crippen molar-refractivity contribution in [1.29, 1.82) is 0 Å². The molecule has 0 saturated heterocycles. The van der Waals surface area contributed by atoms with Crippen LogP contribution in [0, 0.1) is 0 Å². The second-order valence-corrected chi connectivity index (χ2v) is 16.7. The molecule has 0 unspecified atom stereocenters.